The van der Waals surface area contributed by atoms with Gasteiger partial charge in [-0.25, -0.2) is 0 Å². The Balaban J connectivity index is 0.000000638. The van der Waals surface area contributed by atoms with Gasteiger partial charge in [-0.2, -0.15) is 34.0 Å². The first-order chi connectivity index (χ1) is 40.9. The third-order valence-electron chi connectivity index (χ3n) is 15.3. The first kappa shape index (κ1) is 78.2. The van der Waals surface area contributed by atoms with E-state index in [1.54, 1.807) is 34.0 Å². The van der Waals surface area contributed by atoms with Crippen molar-refractivity contribution < 1.29 is 0 Å². The quantitative estimate of drug-likeness (QED) is 0.0393. The maximum Gasteiger partial charge on any atom is -0.00611 e. The van der Waals surface area contributed by atoms with Gasteiger partial charge in [0.15, 0.2) is 0 Å². The molecule has 0 unspecified atom stereocenters. The van der Waals surface area contributed by atoms with Gasteiger partial charge in [-0.3, -0.25) is 0 Å². The molecular formula is C82H122S3. The second-order valence-electron chi connectivity index (χ2n) is 24.4. The first-order valence-electron chi connectivity index (χ1n) is 32.7. The predicted molar refractivity (Wildman–Crippen MR) is 395 cm³/mol. The van der Waals surface area contributed by atoms with Crippen LogP contribution in [0.4, 0.5) is 0 Å². The minimum Gasteiger partial charge on any atom is -0.152 e. The molecule has 468 valence electrons. The molecular weight excluding hydrogens is 1080 g/mol. The van der Waals surface area contributed by atoms with E-state index in [0.29, 0.717) is 0 Å². The van der Waals surface area contributed by atoms with Gasteiger partial charge in [-0.05, 0) is 332 Å². The van der Waals surface area contributed by atoms with Crippen molar-refractivity contribution in [3.8, 4) is 0 Å². The van der Waals surface area contributed by atoms with E-state index >= 15 is 0 Å². The van der Waals surface area contributed by atoms with E-state index in [1.807, 2.05) is 6.08 Å². The maximum atomic E-state index is 3.80. The molecule has 0 saturated carbocycles. The molecule has 3 heteroatoms. The Labute approximate surface area is 538 Å². The standard InChI is InChI=1S/C29H44S.C27H40S.C26H38S/c1-24(2)19-20-28(6)16-9-15-26(4)12-7-11-25(3)13-8-14-27(5)17-10-18-29-21-22-30-23-29;1-6-11-23(2)12-7-13-24(3)14-8-15-25(4)16-9-17-26(5)18-10-19-27-20-21-28-22-27;1-6-22(2)11-7-12-23(3)13-8-14-24(4)15-9-16-25(5)17-10-18-26-19-20-27-21-26/h12-13,16-17,19,21-23H,7-11,14-15,18,20H2,1-6H3;6,11-12,14,16,18,20-22H,7-10,13,15,17,19H2,1-5H3;6,11,13,15,17,19-21H,1,7-10,12,14,16,18H2,2-5H3/b25-13+,26-12+,27-17+,28-16+;11-6+,23-12+,24-14+,25-16+,26-18+;22-11+,23-13+,24-15+,25-17+. The van der Waals surface area contributed by atoms with Crippen LogP contribution >= 0.6 is 34.0 Å². The molecule has 0 aliphatic heterocycles. The van der Waals surface area contributed by atoms with Crippen LogP contribution in [0, 0.1) is 0 Å². The summed E-state index contributed by atoms with van der Waals surface area (Å²) in [7, 11) is 0. The molecule has 0 fully saturated rings. The summed E-state index contributed by atoms with van der Waals surface area (Å²) in [5.41, 5.74) is 23.6. The molecule has 0 radical (unpaired) electrons. The lowest BCUT2D eigenvalue weighted by Crippen LogP contribution is -1.83. The molecule has 0 aromatic carbocycles. The molecule has 0 aliphatic carbocycles. The van der Waals surface area contributed by atoms with E-state index in [2.05, 4.69) is 252 Å². The van der Waals surface area contributed by atoms with E-state index in [-0.39, 0.29) is 0 Å². The van der Waals surface area contributed by atoms with Crippen molar-refractivity contribution in [3.63, 3.8) is 0 Å². The molecule has 0 nitrogen and oxygen atoms in total. The van der Waals surface area contributed by atoms with Gasteiger partial charge in [0.25, 0.3) is 0 Å². The van der Waals surface area contributed by atoms with Crippen LogP contribution < -0.4 is 0 Å². The Morgan fingerprint density at radius 3 is 0.800 bits per heavy atom. The fraction of sp³-hybridized carbons (Fsp3) is 0.488. The normalized spacial score (nSPS) is 14.0. The van der Waals surface area contributed by atoms with Crippen LogP contribution in [0.2, 0.25) is 0 Å². The highest BCUT2D eigenvalue weighted by Crippen LogP contribution is 2.20. The third-order valence-corrected chi connectivity index (χ3v) is 17.5. The van der Waals surface area contributed by atoms with Gasteiger partial charge in [0.05, 0.1) is 0 Å². The molecule has 0 saturated heterocycles. The van der Waals surface area contributed by atoms with Gasteiger partial charge in [0.2, 0.25) is 0 Å². The third kappa shape index (κ3) is 48.9. The lowest BCUT2D eigenvalue weighted by atomic mass is 10.0. The fourth-order valence-electron chi connectivity index (χ4n) is 9.42. The van der Waals surface area contributed by atoms with Gasteiger partial charge in [-0.1, -0.05) is 176 Å². The number of hydrogen-bond donors (Lipinski definition) is 0. The molecule has 85 heavy (non-hydrogen) atoms. The highest BCUT2D eigenvalue weighted by atomic mass is 32.1. The smallest absolute Gasteiger partial charge is 0.00611 e. The number of thiophene rings is 3. The van der Waals surface area contributed by atoms with Crippen molar-refractivity contribution in [1.82, 2.24) is 0 Å². The number of aryl methyl sites for hydroxylation is 3. The molecule has 0 atom stereocenters. The fourth-order valence-corrected chi connectivity index (χ4v) is 11.5. The average Bonchev–Trinajstić information content (AvgIpc) is 4.32. The van der Waals surface area contributed by atoms with Gasteiger partial charge < -0.3 is 0 Å². The summed E-state index contributed by atoms with van der Waals surface area (Å²) in [5, 5.41) is 13.3. The van der Waals surface area contributed by atoms with Crippen molar-refractivity contribution in [2.45, 2.75) is 264 Å². The van der Waals surface area contributed by atoms with Crippen molar-refractivity contribution in [1.29, 1.82) is 0 Å². The van der Waals surface area contributed by atoms with Gasteiger partial charge in [-0.15, -0.1) is 0 Å². The predicted octanol–water partition coefficient (Wildman–Crippen LogP) is 28.5. The maximum absolute atomic E-state index is 3.80. The summed E-state index contributed by atoms with van der Waals surface area (Å²) in [5.74, 6) is 0. The molecule has 3 aromatic heterocycles. The van der Waals surface area contributed by atoms with Crippen LogP contribution in [-0.2, 0) is 19.3 Å². The van der Waals surface area contributed by atoms with E-state index in [4.69, 9.17) is 0 Å². The molecule has 0 N–H and O–H groups in total. The van der Waals surface area contributed by atoms with Gasteiger partial charge in [0, 0.05) is 0 Å². The second kappa shape index (κ2) is 52.3. The van der Waals surface area contributed by atoms with E-state index in [1.165, 1.54) is 205 Å². The zero-order valence-corrected chi connectivity index (χ0v) is 59.5. The summed E-state index contributed by atoms with van der Waals surface area (Å²) in [6, 6.07) is 6.70. The summed E-state index contributed by atoms with van der Waals surface area (Å²) in [6.45, 7) is 37.2. The Morgan fingerprint density at radius 1 is 0.318 bits per heavy atom. The van der Waals surface area contributed by atoms with E-state index < -0.39 is 0 Å². The second-order valence-corrected chi connectivity index (χ2v) is 26.8. The largest absolute Gasteiger partial charge is 0.152 e. The van der Waals surface area contributed by atoms with Crippen molar-refractivity contribution in [2.75, 3.05) is 0 Å². The number of hydrogen-bond acceptors (Lipinski definition) is 3. The van der Waals surface area contributed by atoms with E-state index in [9.17, 15) is 0 Å². The van der Waals surface area contributed by atoms with Gasteiger partial charge in [0.1, 0.15) is 0 Å². The molecule has 0 amide bonds. The molecule has 3 rings (SSSR count). The zero-order valence-electron chi connectivity index (χ0n) is 57.0. The monoisotopic (exact) mass is 1200 g/mol. The molecule has 0 bridgehead atoms. The van der Waals surface area contributed by atoms with Crippen LogP contribution in [-0.4, -0.2) is 0 Å². The average molecular weight is 1200 g/mol. The van der Waals surface area contributed by atoms with Crippen molar-refractivity contribution in [2.24, 2.45) is 0 Å². The van der Waals surface area contributed by atoms with Crippen LogP contribution in [0.25, 0.3) is 0 Å². The number of rotatable bonds is 40. The van der Waals surface area contributed by atoms with Crippen molar-refractivity contribution >= 4 is 34.0 Å². The lowest BCUT2D eigenvalue weighted by Gasteiger charge is -2.03. The van der Waals surface area contributed by atoms with Crippen molar-refractivity contribution in [3.05, 3.63) is 243 Å². The van der Waals surface area contributed by atoms with Crippen LogP contribution in [0.5, 0.6) is 0 Å². The minimum atomic E-state index is 1.10. The summed E-state index contributed by atoms with van der Waals surface area (Å²) in [6.07, 6.45) is 66.5. The highest BCUT2D eigenvalue weighted by Gasteiger charge is 2.00. The molecule has 3 heterocycles. The Kier molecular flexibility index (Phi) is 48.2. The summed E-state index contributed by atoms with van der Waals surface area (Å²) in [4.78, 5) is 0. The van der Waals surface area contributed by atoms with Gasteiger partial charge >= 0.3 is 0 Å². The van der Waals surface area contributed by atoms with Crippen LogP contribution in [0.15, 0.2) is 227 Å². The molecule has 3 aromatic rings. The Morgan fingerprint density at radius 2 is 0.565 bits per heavy atom. The highest BCUT2D eigenvalue weighted by molar-refractivity contribution is 7.08. The molecule has 0 aliphatic rings. The zero-order chi connectivity index (χ0) is 62.7. The van der Waals surface area contributed by atoms with E-state index in [0.717, 1.165) is 44.9 Å². The van der Waals surface area contributed by atoms with Crippen LogP contribution in [0.1, 0.15) is 262 Å². The first-order valence-corrected chi connectivity index (χ1v) is 35.5. The Bertz CT molecular complexity index is 2650. The summed E-state index contributed by atoms with van der Waals surface area (Å²) >= 11 is 5.38. The SMILES string of the molecule is C/C=C/C(C)=C/CC/C(C)=C/CC/C(C)=C/CC/C(C)=C/CCc1ccsc1.C=C/C(C)=C/CC/C(C)=C/CC/C(C)=C/CC/C(C)=C/CCc1ccsc1.CC(C)=CC/C(C)=C/CC/C(C)=C/CC/C(C)=C/CC/C(C)=C/CCc1ccsc1. The van der Waals surface area contributed by atoms with Crippen LogP contribution in [0.3, 0.4) is 0 Å². The number of allylic oxidation sites excluding steroid dienone is 29. The summed E-state index contributed by atoms with van der Waals surface area (Å²) < 4.78 is 0. The molecule has 0 spiro atoms. The lowest BCUT2D eigenvalue weighted by molar-refractivity contribution is 0.892. The topological polar surface area (TPSA) is 0 Å². The minimum absolute atomic E-state index is 1.10. The Hall–Kier alpha value is -4.80.